The summed E-state index contributed by atoms with van der Waals surface area (Å²) in [6, 6.07) is 85.6. The Morgan fingerprint density at radius 3 is 1.22 bits per heavy atom. The number of hydrogen-bond acceptors (Lipinski definition) is 4. The maximum atomic E-state index is 6.57. The second-order valence-electron chi connectivity index (χ2n) is 23.3. The second kappa shape index (κ2) is 16.4. The number of benzene rings is 11. The average Bonchev–Trinajstić information content (AvgIpc) is 4.02. The van der Waals surface area contributed by atoms with E-state index in [0.717, 1.165) is 78.0 Å². The first-order valence-electron chi connectivity index (χ1n) is 27.0. The molecule has 0 unspecified atom stereocenters. The van der Waals surface area contributed by atoms with Gasteiger partial charge in [0.25, 0.3) is 0 Å². The summed E-state index contributed by atoms with van der Waals surface area (Å²) in [5.41, 5.74) is 22.2. The number of hydrogen-bond donors (Lipinski definition) is 0. The standard InChI is InChI=1S/C73H56N2O2/c1-71(2,3)47-24-29-49(30-25-47)74(53-34-37-60-58-17-9-13-21-67(58)76-69(60)43-53)51-28-23-45-40-62-57-36-33-52(42-66(57)73(65(62)41-46(45)39-51)63-19-11-7-15-55(63)56-16-8-12-20-64(56)73)75(50-31-26-48(27-32-50)72(4,5)6)54-35-38-61-59-18-10-14-22-68(59)77-70(61)44-54/h7-44H,1-6H3. The van der Waals surface area contributed by atoms with E-state index in [1.165, 1.54) is 66.4 Å². The number of para-hydroxylation sites is 2. The Kier molecular flexibility index (Phi) is 9.67. The monoisotopic (exact) mass is 992 g/mol. The Hall–Kier alpha value is -9.12. The molecule has 11 aromatic carbocycles. The van der Waals surface area contributed by atoms with E-state index in [4.69, 9.17) is 8.83 Å². The van der Waals surface area contributed by atoms with Gasteiger partial charge in [0.15, 0.2) is 0 Å². The maximum Gasteiger partial charge on any atom is 0.137 e. The first kappa shape index (κ1) is 45.3. The van der Waals surface area contributed by atoms with Crippen LogP contribution >= 0.6 is 0 Å². The van der Waals surface area contributed by atoms with Gasteiger partial charge >= 0.3 is 0 Å². The Morgan fingerprint density at radius 2 is 0.688 bits per heavy atom. The van der Waals surface area contributed by atoms with Gasteiger partial charge in [-0.25, -0.2) is 0 Å². The van der Waals surface area contributed by atoms with E-state index >= 15 is 0 Å². The van der Waals surface area contributed by atoms with Crippen LogP contribution in [0.1, 0.15) is 74.9 Å². The van der Waals surface area contributed by atoms with Crippen LogP contribution in [0.4, 0.5) is 34.1 Å². The summed E-state index contributed by atoms with van der Waals surface area (Å²) < 4.78 is 13.1. The van der Waals surface area contributed by atoms with Crippen molar-refractivity contribution in [2.24, 2.45) is 0 Å². The molecule has 77 heavy (non-hydrogen) atoms. The highest BCUT2D eigenvalue weighted by atomic mass is 16.3. The molecular weight excluding hydrogens is 937 g/mol. The van der Waals surface area contributed by atoms with Crippen LogP contribution in [0.3, 0.4) is 0 Å². The van der Waals surface area contributed by atoms with Crippen LogP contribution in [0.2, 0.25) is 0 Å². The highest BCUT2D eigenvalue weighted by Crippen LogP contribution is 2.64. The fourth-order valence-electron chi connectivity index (χ4n) is 13.0. The van der Waals surface area contributed by atoms with Gasteiger partial charge in [0.2, 0.25) is 0 Å². The zero-order chi connectivity index (χ0) is 52.0. The van der Waals surface area contributed by atoms with Crippen molar-refractivity contribution in [2.45, 2.75) is 57.8 Å². The number of furan rings is 2. The van der Waals surface area contributed by atoms with Gasteiger partial charge in [0, 0.05) is 67.8 Å². The lowest BCUT2D eigenvalue weighted by Gasteiger charge is -2.32. The summed E-state index contributed by atoms with van der Waals surface area (Å²) in [6.45, 7) is 13.6. The van der Waals surface area contributed by atoms with Gasteiger partial charge in [0.1, 0.15) is 22.3 Å². The molecule has 370 valence electrons. The molecular formula is C73H56N2O2. The number of fused-ring (bicyclic) bond motifs is 17. The maximum absolute atomic E-state index is 6.57. The normalized spacial score (nSPS) is 13.4. The zero-order valence-corrected chi connectivity index (χ0v) is 44.2. The van der Waals surface area contributed by atoms with Crippen LogP contribution in [0.5, 0.6) is 0 Å². The second-order valence-corrected chi connectivity index (χ2v) is 23.3. The topological polar surface area (TPSA) is 32.8 Å². The molecule has 4 heteroatoms. The first-order valence-corrected chi connectivity index (χ1v) is 27.0. The molecule has 2 aliphatic rings. The van der Waals surface area contributed by atoms with Crippen molar-refractivity contribution in [2.75, 3.05) is 9.80 Å². The molecule has 2 aromatic heterocycles. The quantitative estimate of drug-likeness (QED) is 0.166. The summed E-state index contributed by atoms with van der Waals surface area (Å²) in [6.07, 6.45) is 0. The van der Waals surface area contributed by atoms with Crippen molar-refractivity contribution in [1.82, 2.24) is 0 Å². The molecule has 0 fully saturated rings. The van der Waals surface area contributed by atoms with Crippen molar-refractivity contribution in [3.05, 3.63) is 264 Å². The molecule has 0 saturated heterocycles. The number of rotatable bonds is 6. The Morgan fingerprint density at radius 1 is 0.286 bits per heavy atom. The smallest absolute Gasteiger partial charge is 0.137 e. The number of anilines is 6. The SMILES string of the molecule is CC(C)(C)c1ccc(N(c2ccc3c(c2)C2(c4ccccc4-c4ccccc42)c2cc4cc(N(c5ccc(C(C)(C)C)cc5)c5ccc6c(c5)oc5ccccc56)ccc4cc2-3)c2ccc3c(c2)oc2ccccc23)cc1. The van der Waals surface area contributed by atoms with Crippen molar-refractivity contribution in [3.8, 4) is 22.3 Å². The van der Waals surface area contributed by atoms with Crippen molar-refractivity contribution in [3.63, 3.8) is 0 Å². The zero-order valence-electron chi connectivity index (χ0n) is 44.2. The molecule has 15 rings (SSSR count). The van der Waals surface area contributed by atoms with E-state index < -0.39 is 5.41 Å². The van der Waals surface area contributed by atoms with E-state index in [1.54, 1.807) is 0 Å². The molecule has 4 nitrogen and oxygen atoms in total. The Balaban J connectivity index is 0.940. The van der Waals surface area contributed by atoms with Crippen LogP contribution in [-0.4, -0.2) is 0 Å². The molecule has 2 heterocycles. The predicted octanol–water partition coefficient (Wildman–Crippen LogP) is 20.5. The lowest BCUT2D eigenvalue weighted by Crippen LogP contribution is -2.26. The van der Waals surface area contributed by atoms with Gasteiger partial charge in [0.05, 0.1) is 5.41 Å². The largest absolute Gasteiger partial charge is 0.456 e. The minimum Gasteiger partial charge on any atom is -0.456 e. The van der Waals surface area contributed by atoms with Crippen molar-refractivity contribution >= 4 is 88.8 Å². The molecule has 0 N–H and O–H groups in total. The molecule has 0 bridgehead atoms. The summed E-state index contributed by atoms with van der Waals surface area (Å²) in [5.74, 6) is 0. The summed E-state index contributed by atoms with van der Waals surface area (Å²) in [5, 5.41) is 6.83. The van der Waals surface area contributed by atoms with Crippen LogP contribution in [0, 0.1) is 0 Å². The first-order chi connectivity index (χ1) is 37.4. The molecule has 0 saturated carbocycles. The Labute approximate surface area is 449 Å². The van der Waals surface area contributed by atoms with Gasteiger partial charge in [-0.2, -0.15) is 0 Å². The molecule has 2 aliphatic carbocycles. The average molecular weight is 993 g/mol. The van der Waals surface area contributed by atoms with Crippen LogP contribution in [0.25, 0.3) is 76.9 Å². The molecule has 0 atom stereocenters. The van der Waals surface area contributed by atoms with Gasteiger partial charge in [-0.05, 0) is 174 Å². The van der Waals surface area contributed by atoms with Crippen LogP contribution in [-0.2, 0) is 16.2 Å². The van der Waals surface area contributed by atoms with E-state index in [-0.39, 0.29) is 10.8 Å². The Bertz CT molecular complexity index is 4490. The molecule has 0 radical (unpaired) electrons. The van der Waals surface area contributed by atoms with E-state index in [0.29, 0.717) is 0 Å². The van der Waals surface area contributed by atoms with Crippen molar-refractivity contribution in [1.29, 1.82) is 0 Å². The van der Waals surface area contributed by atoms with E-state index in [2.05, 4.69) is 270 Å². The van der Waals surface area contributed by atoms with Gasteiger partial charge < -0.3 is 18.6 Å². The van der Waals surface area contributed by atoms with Crippen molar-refractivity contribution < 1.29 is 8.83 Å². The predicted molar refractivity (Wildman–Crippen MR) is 322 cm³/mol. The van der Waals surface area contributed by atoms with Gasteiger partial charge in [-0.1, -0.05) is 163 Å². The summed E-state index contributed by atoms with van der Waals surface area (Å²) in [4.78, 5) is 4.80. The minimum absolute atomic E-state index is 0.00951. The van der Waals surface area contributed by atoms with Gasteiger partial charge in [-0.15, -0.1) is 0 Å². The number of nitrogens with zero attached hydrogens (tertiary/aromatic N) is 2. The highest BCUT2D eigenvalue weighted by Gasteiger charge is 2.52. The van der Waals surface area contributed by atoms with E-state index in [9.17, 15) is 0 Å². The molecule has 1 spiro atoms. The van der Waals surface area contributed by atoms with E-state index in [1.807, 2.05) is 12.1 Å². The van der Waals surface area contributed by atoms with Gasteiger partial charge in [-0.3, -0.25) is 0 Å². The fraction of sp³-hybridized carbons (Fsp3) is 0.123. The molecule has 13 aromatic rings. The highest BCUT2D eigenvalue weighted by molar-refractivity contribution is 6.08. The lowest BCUT2D eigenvalue weighted by molar-refractivity contribution is 0.590. The molecule has 0 aliphatic heterocycles. The third-order valence-corrected chi connectivity index (χ3v) is 16.8. The summed E-state index contributed by atoms with van der Waals surface area (Å²) in [7, 11) is 0. The van der Waals surface area contributed by atoms with Crippen LogP contribution in [0.15, 0.2) is 239 Å². The fourth-order valence-corrected chi connectivity index (χ4v) is 13.0. The minimum atomic E-state index is -0.600. The lowest BCUT2D eigenvalue weighted by atomic mass is 9.70. The molecule has 0 amide bonds. The third-order valence-electron chi connectivity index (χ3n) is 16.8. The van der Waals surface area contributed by atoms with Crippen LogP contribution < -0.4 is 9.80 Å². The summed E-state index contributed by atoms with van der Waals surface area (Å²) >= 11 is 0. The third kappa shape index (κ3) is 6.84.